The van der Waals surface area contributed by atoms with Crippen LogP contribution in [0.25, 0.3) is 6.08 Å². The molecule has 1 amide bonds. The number of fused-ring (bicyclic) bond motifs is 1. The molecule has 0 aromatic heterocycles. The smallest absolute Gasteiger partial charge is 0.247 e. The first kappa shape index (κ1) is 11.5. The van der Waals surface area contributed by atoms with E-state index in [4.69, 9.17) is 4.74 Å². The van der Waals surface area contributed by atoms with Gasteiger partial charge >= 0.3 is 0 Å². The van der Waals surface area contributed by atoms with Gasteiger partial charge in [-0.2, -0.15) is 0 Å². The number of carbonyl (C=O) groups is 1. The van der Waals surface area contributed by atoms with E-state index in [0.717, 1.165) is 5.56 Å². The number of hydrogen-bond acceptors (Lipinski definition) is 2. The molecule has 1 N–H and O–H groups in total. The highest BCUT2D eigenvalue weighted by molar-refractivity contribution is 6.00. The van der Waals surface area contributed by atoms with Gasteiger partial charge in [0, 0.05) is 5.56 Å². The Balaban J connectivity index is 2.40. The van der Waals surface area contributed by atoms with Crippen molar-refractivity contribution < 1.29 is 9.53 Å². The highest BCUT2D eigenvalue weighted by Gasteiger charge is 2.23. The highest BCUT2D eigenvalue weighted by Crippen LogP contribution is 2.36. The van der Waals surface area contributed by atoms with Gasteiger partial charge in [-0.25, -0.2) is 0 Å². The summed E-state index contributed by atoms with van der Waals surface area (Å²) in [7, 11) is 0. The number of hydrogen-bond donors (Lipinski definition) is 1. The zero-order chi connectivity index (χ0) is 12.5. The molecule has 0 radical (unpaired) electrons. The van der Waals surface area contributed by atoms with Crippen molar-refractivity contribution in [2.75, 3.05) is 5.32 Å². The van der Waals surface area contributed by atoms with Crippen LogP contribution in [0.15, 0.2) is 36.9 Å². The second kappa shape index (κ2) is 4.09. The fourth-order valence-corrected chi connectivity index (χ4v) is 1.67. The summed E-state index contributed by atoms with van der Waals surface area (Å²) in [5, 5.41) is 2.74. The summed E-state index contributed by atoms with van der Waals surface area (Å²) in [5.41, 5.74) is 1.28. The number of rotatable bonds is 2. The van der Waals surface area contributed by atoms with E-state index in [1.165, 1.54) is 6.08 Å². The second-order valence-corrected chi connectivity index (χ2v) is 4.46. The minimum Gasteiger partial charge on any atom is -0.481 e. The molecule has 1 aliphatic rings. The number of ether oxygens (including phenoxy) is 1. The summed E-state index contributed by atoms with van der Waals surface area (Å²) in [5.74, 6) is 0.463. The summed E-state index contributed by atoms with van der Waals surface area (Å²) in [6.07, 6.45) is 5.24. The molecule has 3 heteroatoms. The molecule has 1 heterocycles. The van der Waals surface area contributed by atoms with Crippen LogP contribution in [0.4, 0.5) is 5.69 Å². The lowest BCUT2D eigenvalue weighted by molar-refractivity contribution is -0.111. The summed E-state index contributed by atoms with van der Waals surface area (Å²) < 4.78 is 5.86. The lowest BCUT2D eigenvalue weighted by Gasteiger charge is -2.29. The van der Waals surface area contributed by atoms with Gasteiger partial charge in [0.25, 0.3) is 0 Å². The lowest BCUT2D eigenvalue weighted by Crippen LogP contribution is -2.28. The zero-order valence-electron chi connectivity index (χ0n) is 9.99. The monoisotopic (exact) mass is 229 g/mol. The van der Waals surface area contributed by atoms with Crippen LogP contribution in [0.2, 0.25) is 0 Å². The van der Waals surface area contributed by atoms with Crippen molar-refractivity contribution in [2.45, 2.75) is 19.4 Å². The molecule has 1 aromatic rings. The van der Waals surface area contributed by atoms with Crippen molar-refractivity contribution in [3.05, 3.63) is 42.5 Å². The van der Waals surface area contributed by atoms with E-state index in [0.29, 0.717) is 11.4 Å². The Morgan fingerprint density at radius 2 is 2.24 bits per heavy atom. The Morgan fingerprint density at radius 3 is 2.94 bits per heavy atom. The van der Waals surface area contributed by atoms with Gasteiger partial charge in [-0.15, -0.1) is 0 Å². The van der Waals surface area contributed by atoms with Gasteiger partial charge in [-0.3, -0.25) is 4.79 Å². The molecule has 3 nitrogen and oxygen atoms in total. The molecule has 0 fully saturated rings. The number of para-hydroxylation sites is 1. The van der Waals surface area contributed by atoms with Gasteiger partial charge in [0.1, 0.15) is 5.60 Å². The van der Waals surface area contributed by atoms with E-state index in [1.54, 1.807) is 0 Å². The number of carbonyl (C=O) groups excluding carboxylic acids is 1. The molecule has 0 bridgehead atoms. The summed E-state index contributed by atoms with van der Waals surface area (Å²) in [6.45, 7) is 7.37. The minimum atomic E-state index is -0.359. The Hall–Kier alpha value is -2.03. The molecule has 0 aliphatic carbocycles. The van der Waals surface area contributed by atoms with Crippen LogP contribution in [-0.4, -0.2) is 11.5 Å². The van der Waals surface area contributed by atoms with Crippen LogP contribution in [0, 0.1) is 0 Å². The molecule has 0 saturated carbocycles. The van der Waals surface area contributed by atoms with Crippen molar-refractivity contribution in [1.82, 2.24) is 0 Å². The van der Waals surface area contributed by atoms with E-state index in [-0.39, 0.29) is 11.5 Å². The zero-order valence-corrected chi connectivity index (χ0v) is 9.99. The molecule has 1 aromatic carbocycles. The molecular formula is C14H15NO2. The lowest BCUT2D eigenvalue weighted by atomic mass is 10.0. The van der Waals surface area contributed by atoms with E-state index >= 15 is 0 Å². The number of nitrogens with one attached hydrogen (secondary N) is 1. The topological polar surface area (TPSA) is 38.3 Å². The molecule has 17 heavy (non-hydrogen) atoms. The van der Waals surface area contributed by atoms with Crippen molar-refractivity contribution in [3.63, 3.8) is 0 Å². The van der Waals surface area contributed by atoms with Crippen LogP contribution in [0.1, 0.15) is 19.4 Å². The van der Waals surface area contributed by atoms with Crippen LogP contribution in [-0.2, 0) is 4.79 Å². The van der Waals surface area contributed by atoms with Crippen molar-refractivity contribution in [2.24, 2.45) is 0 Å². The van der Waals surface area contributed by atoms with E-state index in [1.807, 2.05) is 44.2 Å². The summed E-state index contributed by atoms with van der Waals surface area (Å²) in [4.78, 5) is 11.3. The average Bonchev–Trinajstić information content (AvgIpc) is 2.29. The molecule has 1 aliphatic heterocycles. The van der Waals surface area contributed by atoms with Crippen molar-refractivity contribution in [1.29, 1.82) is 0 Å². The maximum absolute atomic E-state index is 11.3. The van der Waals surface area contributed by atoms with Gasteiger partial charge in [-0.1, -0.05) is 24.8 Å². The first-order chi connectivity index (χ1) is 8.02. The largest absolute Gasteiger partial charge is 0.481 e. The third-order valence-corrected chi connectivity index (χ3v) is 2.52. The fraction of sp³-hybridized carbons (Fsp3) is 0.214. The predicted molar refractivity (Wildman–Crippen MR) is 69.0 cm³/mol. The van der Waals surface area contributed by atoms with Crippen molar-refractivity contribution in [3.8, 4) is 5.75 Å². The van der Waals surface area contributed by atoms with Gasteiger partial charge in [0.15, 0.2) is 5.75 Å². The fourth-order valence-electron chi connectivity index (χ4n) is 1.67. The van der Waals surface area contributed by atoms with Gasteiger partial charge in [-0.05, 0) is 32.1 Å². The predicted octanol–water partition coefficient (Wildman–Crippen LogP) is 3.00. The Bertz CT molecular complexity index is 501. The number of anilines is 1. The normalized spacial score (nSPS) is 15.6. The molecule has 0 spiro atoms. The third-order valence-electron chi connectivity index (χ3n) is 2.52. The van der Waals surface area contributed by atoms with E-state index < -0.39 is 0 Å². The van der Waals surface area contributed by atoms with E-state index in [9.17, 15) is 4.79 Å². The minimum absolute atomic E-state index is 0.241. The van der Waals surface area contributed by atoms with Crippen LogP contribution >= 0.6 is 0 Å². The first-order valence-electron chi connectivity index (χ1n) is 5.46. The highest BCUT2D eigenvalue weighted by atomic mass is 16.5. The molecule has 0 unspecified atom stereocenters. The standard InChI is InChI=1S/C14H15NO2/c1-4-12(16)15-11-7-5-6-10-8-9-14(2,3)17-13(10)11/h4-9H,1H2,2-3H3,(H,15,16). The maximum atomic E-state index is 11.3. The quantitative estimate of drug-likeness (QED) is 0.792. The Kier molecular flexibility index (Phi) is 2.76. The van der Waals surface area contributed by atoms with Crippen molar-refractivity contribution >= 4 is 17.7 Å². The summed E-state index contributed by atoms with van der Waals surface area (Å²) in [6, 6.07) is 5.64. The first-order valence-corrected chi connectivity index (χ1v) is 5.46. The summed E-state index contributed by atoms with van der Waals surface area (Å²) >= 11 is 0. The Morgan fingerprint density at radius 1 is 1.47 bits per heavy atom. The third kappa shape index (κ3) is 2.38. The molecular weight excluding hydrogens is 214 g/mol. The van der Waals surface area contributed by atoms with E-state index in [2.05, 4.69) is 11.9 Å². The van der Waals surface area contributed by atoms with Gasteiger partial charge in [0.05, 0.1) is 5.69 Å². The molecule has 2 rings (SSSR count). The van der Waals surface area contributed by atoms with Gasteiger partial charge in [0.2, 0.25) is 5.91 Å². The van der Waals surface area contributed by atoms with Crippen LogP contribution in [0.5, 0.6) is 5.75 Å². The maximum Gasteiger partial charge on any atom is 0.247 e. The SMILES string of the molecule is C=CC(=O)Nc1cccc2c1OC(C)(C)C=C2. The average molecular weight is 229 g/mol. The molecule has 0 saturated heterocycles. The number of benzene rings is 1. The van der Waals surface area contributed by atoms with Crippen LogP contribution < -0.4 is 10.1 Å². The second-order valence-electron chi connectivity index (χ2n) is 4.46. The number of amides is 1. The van der Waals surface area contributed by atoms with Gasteiger partial charge < -0.3 is 10.1 Å². The molecule has 88 valence electrons. The van der Waals surface area contributed by atoms with Crippen LogP contribution in [0.3, 0.4) is 0 Å². The molecule has 0 atom stereocenters. The Labute approximate surface area is 101 Å².